The lowest BCUT2D eigenvalue weighted by Gasteiger charge is -2.40. The average Bonchev–Trinajstić information content (AvgIpc) is 2.40. The fraction of sp³-hybridized carbons (Fsp3) is 0.533. The summed E-state index contributed by atoms with van der Waals surface area (Å²) >= 11 is 0. The molecule has 1 aliphatic rings. The molecule has 1 saturated heterocycles. The first-order chi connectivity index (χ1) is 9.20. The van der Waals surface area contributed by atoms with Gasteiger partial charge in [-0.25, -0.2) is 0 Å². The molecule has 1 aromatic rings. The van der Waals surface area contributed by atoms with Gasteiger partial charge in [0.25, 0.3) is 0 Å². The average molecular weight is 261 g/mol. The number of carbonyl (C=O) groups excluding carboxylic acids is 1. The van der Waals surface area contributed by atoms with Gasteiger partial charge in [-0.1, -0.05) is 30.3 Å². The van der Waals surface area contributed by atoms with E-state index in [1.54, 1.807) is 0 Å². The molecule has 0 unspecified atom stereocenters. The van der Waals surface area contributed by atoms with E-state index in [4.69, 9.17) is 0 Å². The van der Waals surface area contributed by atoms with Crippen LogP contribution in [0, 0.1) is 0 Å². The first-order valence-electron chi connectivity index (χ1n) is 6.91. The van der Waals surface area contributed by atoms with E-state index in [1.165, 1.54) is 5.56 Å². The Labute approximate surface area is 115 Å². The van der Waals surface area contributed by atoms with Crippen molar-refractivity contribution in [2.24, 2.45) is 0 Å². The molecule has 19 heavy (non-hydrogen) atoms. The standard InChI is InChI=1S/C15H23N3O/c1-13-11-17(12-14-6-4-3-5-7-14)8-9-18(13)15(19)10-16-2/h3-7,13,16H,8-12H2,1-2H3/t13-/m1/s1. The minimum atomic E-state index is 0.203. The predicted octanol–water partition coefficient (Wildman–Crippen LogP) is 0.939. The number of nitrogens with one attached hydrogen (secondary N) is 1. The second-order valence-corrected chi connectivity index (χ2v) is 5.19. The van der Waals surface area contributed by atoms with Gasteiger partial charge in [-0.2, -0.15) is 0 Å². The Morgan fingerprint density at radius 1 is 1.32 bits per heavy atom. The Morgan fingerprint density at radius 2 is 2.05 bits per heavy atom. The third-order valence-electron chi connectivity index (χ3n) is 3.61. The largest absolute Gasteiger partial charge is 0.336 e. The normalized spacial score (nSPS) is 20.5. The molecule has 1 atom stereocenters. The van der Waals surface area contributed by atoms with Gasteiger partial charge in [0, 0.05) is 32.2 Å². The van der Waals surface area contributed by atoms with Gasteiger partial charge in [0.05, 0.1) is 6.54 Å². The van der Waals surface area contributed by atoms with Crippen LogP contribution in [0.3, 0.4) is 0 Å². The zero-order valence-corrected chi connectivity index (χ0v) is 11.8. The van der Waals surface area contributed by atoms with Crippen molar-refractivity contribution in [2.75, 3.05) is 33.2 Å². The van der Waals surface area contributed by atoms with Crippen molar-refractivity contribution in [1.82, 2.24) is 15.1 Å². The summed E-state index contributed by atoms with van der Waals surface area (Å²) in [5, 5.41) is 2.93. The molecule has 104 valence electrons. The molecule has 0 aliphatic carbocycles. The Kier molecular flexibility index (Phi) is 4.93. The Bertz CT molecular complexity index is 407. The van der Waals surface area contributed by atoms with Gasteiger partial charge in [-0.05, 0) is 19.5 Å². The number of benzene rings is 1. The Balaban J connectivity index is 1.88. The maximum atomic E-state index is 11.9. The molecule has 0 radical (unpaired) electrons. The number of amides is 1. The van der Waals surface area contributed by atoms with Gasteiger partial charge in [0.1, 0.15) is 0 Å². The van der Waals surface area contributed by atoms with Gasteiger partial charge in [0.2, 0.25) is 5.91 Å². The van der Waals surface area contributed by atoms with Crippen molar-refractivity contribution in [2.45, 2.75) is 19.5 Å². The molecule has 0 aromatic heterocycles. The highest BCUT2D eigenvalue weighted by atomic mass is 16.2. The molecular formula is C15H23N3O. The minimum absolute atomic E-state index is 0.203. The van der Waals surface area contributed by atoms with Crippen LogP contribution in [-0.4, -0.2) is 55.0 Å². The van der Waals surface area contributed by atoms with Crippen LogP contribution in [0.15, 0.2) is 30.3 Å². The zero-order valence-electron chi connectivity index (χ0n) is 11.8. The van der Waals surface area contributed by atoms with E-state index in [-0.39, 0.29) is 5.91 Å². The number of likely N-dealkylation sites (N-methyl/N-ethyl adjacent to an activating group) is 1. The third-order valence-corrected chi connectivity index (χ3v) is 3.61. The summed E-state index contributed by atoms with van der Waals surface area (Å²) in [6, 6.07) is 10.8. The van der Waals surface area contributed by atoms with Crippen LogP contribution in [-0.2, 0) is 11.3 Å². The van der Waals surface area contributed by atoms with Crippen LogP contribution in [0.2, 0.25) is 0 Å². The molecule has 1 aliphatic heterocycles. The maximum absolute atomic E-state index is 11.9. The van der Waals surface area contributed by atoms with Gasteiger partial charge in [-0.15, -0.1) is 0 Å². The lowest BCUT2D eigenvalue weighted by Crippen LogP contribution is -2.55. The lowest BCUT2D eigenvalue weighted by atomic mass is 10.1. The van der Waals surface area contributed by atoms with Crippen molar-refractivity contribution >= 4 is 5.91 Å². The Hall–Kier alpha value is -1.39. The Morgan fingerprint density at radius 3 is 2.68 bits per heavy atom. The monoisotopic (exact) mass is 261 g/mol. The van der Waals surface area contributed by atoms with E-state index >= 15 is 0 Å². The summed E-state index contributed by atoms with van der Waals surface area (Å²) in [6.45, 7) is 6.26. The molecule has 4 heteroatoms. The fourth-order valence-electron chi connectivity index (χ4n) is 2.64. The van der Waals surface area contributed by atoms with Gasteiger partial charge in [-0.3, -0.25) is 9.69 Å². The quantitative estimate of drug-likeness (QED) is 0.876. The van der Waals surface area contributed by atoms with E-state index in [0.29, 0.717) is 12.6 Å². The van der Waals surface area contributed by atoms with Crippen LogP contribution >= 0.6 is 0 Å². The van der Waals surface area contributed by atoms with Crippen molar-refractivity contribution in [3.63, 3.8) is 0 Å². The SMILES string of the molecule is CNCC(=O)N1CCN(Cc2ccccc2)C[C@H]1C. The fourth-order valence-corrected chi connectivity index (χ4v) is 2.64. The molecular weight excluding hydrogens is 238 g/mol. The van der Waals surface area contributed by atoms with Crippen molar-refractivity contribution < 1.29 is 4.79 Å². The lowest BCUT2D eigenvalue weighted by molar-refractivity contribution is -0.134. The number of rotatable bonds is 4. The molecule has 0 saturated carbocycles. The predicted molar refractivity (Wildman–Crippen MR) is 76.8 cm³/mol. The smallest absolute Gasteiger partial charge is 0.236 e. The zero-order chi connectivity index (χ0) is 13.7. The summed E-state index contributed by atoms with van der Waals surface area (Å²) in [7, 11) is 1.81. The van der Waals surface area contributed by atoms with E-state index in [0.717, 1.165) is 26.2 Å². The summed E-state index contributed by atoms with van der Waals surface area (Å²) < 4.78 is 0. The van der Waals surface area contributed by atoms with Crippen molar-refractivity contribution in [3.05, 3.63) is 35.9 Å². The number of piperazine rings is 1. The molecule has 1 aromatic carbocycles. The van der Waals surface area contributed by atoms with Crippen LogP contribution in [0.25, 0.3) is 0 Å². The second-order valence-electron chi connectivity index (χ2n) is 5.19. The summed E-state index contributed by atoms with van der Waals surface area (Å²) in [5.41, 5.74) is 1.34. The molecule has 1 amide bonds. The van der Waals surface area contributed by atoms with E-state index in [1.807, 2.05) is 18.0 Å². The first kappa shape index (κ1) is 14.0. The topological polar surface area (TPSA) is 35.6 Å². The van der Waals surface area contributed by atoms with Gasteiger partial charge >= 0.3 is 0 Å². The van der Waals surface area contributed by atoms with E-state index < -0.39 is 0 Å². The van der Waals surface area contributed by atoms with Crippen LogP contribution in [0.1, 0.15) is 12.5 Å². The molecule has 0 bridgehead atoms. The number of hydrogen-bond acceptors (Lipinski definition) is 3. The maximum Gasteiger partial charge on any atom is 0.236 e. The van der Waals surface area contributed by atoms with Gasteiger partial charge in [0.15, 0.2) is 0 Å². The van der Waals surface area contributed by atoms with Crippen LogP contribution < -0.4 is 5.32 Å². The van der Waals surface area contributed by atoms with Crippen LogP contribution in [0.5, 0.6) is 0 Å². The molecule has 2 rings (SSSR count). The summed E-state index contributed by atoms with van der Waals surface area (Å²) in [6.07, 6.45) is 0. The number of hydrogen-bond donors (Lipinski definition) is 1. The molecule has 1 N–H and O–H groups in total. The van der Waals surface area contributed by atoms with E-state index in [9.17, 15) is 4.79 Å². The van der Waals surface area contributed by atoms with Crippen molar-refractivity contribution in [3.8, 4) is 0 Å². The third kappa shape index (κ3) is 3.78. The highest BCUT2D eigenvalue weighted by Gasteiger charge is 2.26. The molecule has 1 heterocycles. The highest BCUT2D eigenvalue weighted by molar-refractivity contribution is 5.78. The molecule has 4 nitrogen and oxygen atoms in total. The minimum Gasteiger partial charge on any atom is -0.336 e. The number of carbonyl (C=O) groups is 1. The molecule has 1 fully saturated rings. The number of nitrogens with zero attached hydrogens (tertiary/aromatic N) is 2. The van der Waals surface area contributed by atoms with Crippen LogP contribution in [0.4, 0.5) is 0 Å². The summed E-state index contributed by atoms with van der Waals surface area (Å²) in [4.78, 5) is 16.3. The van der Waals surface area contributed by atoms with E-state index in [2.05, 4.69) is 41.4 Å². The van der Waals surface area contributed by atoms with Gasteiger partial charge < -0.3 is 10.2 Å². The van der Waals surface area contributed by atoms with Crippen molar-refractivity contribution in [1.29, 1.82) is 0 Å². The first-order valence-corrected chi connectivity index (χ1v) is 6.91. The second kappa shape index (κ2) is 6.68. The molecule has 0 spiro atoms. The highest BCUT2D eigenvalue weighted by Crippen LogP contribution is 2.13. The summed E-state index contributed by atoms with van der Waals surface area (Å²) in [5.74, 6) is 0.203.